The van der Waals surface area contributed by atoms with Gasteiger partial charge in [0.2, 0.25) is 11.9 Å². The second kappa shape index (κ2) is 5.86. The number of nitrogens with zero attached hydrogens (tertiary/aromatic N) is 4. The summed E-state index contributed by atoms with van der Waals surface area (Å²) in [6.45, 7) is 3.50. The Hall–Kier alpha value is -1.85. The van der Waals surface area contributed by atoms with Crippen LogP contribution in [0.3, 0.4) is 0 Å². The van der Waals surface area contributed by atoms with E-state index in [0.29, 0.717) is 5.69 Å². The zero-order valence-corrected chi connectivity index (χ0v) is 11.8. The summed E-state index contributed by atoms with van der Waals surface area (Å²) >= 11 is 0. The monoisotopic (exact) mass is 263 g/mol. The standard InChI is InChI=1S/C13H21N5O/c1-10(19)15-11-9-14-13(16-12(11)17(2)3)18-7-5-4-6-8-18/h9H,4-8H2,1-3H3,(H,15,19). The average Bonchev–Trinajstić information content (AvgIpc) is 2.39. The third kappa shape index (κ3) is 3.33. The molecule has 2 rings (SSSR count). The maximum Gasteiger partial charge on any atom is 0.227 e. The second-order valence-corrected chi connectivity index (χ2v) is 5.03. The molecular weight excluding hydrogens is 242 g/mol. The first kappa shape index (κ1) is 13.6. The van der Waals surface area contributed by atoms with E-state index in [0.717, 1.165) is 24.9 Å². The lowest BCUT2D eigenvalue weighted by atomic mass is 10.1. The molecular formula is C13H21N5O. The first-order valence-corrected chi connectivity index (χ1v) is 6.65. The fraction of sp³-hybridized carbons (Fsp3) is 0.615. The Morgan fingerprint density at radius 2 is 2.00 bits per heavy atom. The van der Waals surface area contributed by atoms with Gasteiger partial charge in [-0.2, -0.15) is 4.98 Å². The first-order valence-electron chi connectivity index (χ1n) is 6.65. The Balaban J connectivity index is 2.27. The van der Waals surface area contributed by atoms with Crippen LogP contribution in [0.4, 0.5) is 17.5 Å². The van der Waals surface area contributed by atoms with Gasteiger partial charge in [-0.3, -0.25) is 4.79 Å². The summed E-state index contributed by atoms with van der Waals surface area (Å²) in [7, 11) is 3.82. The zero-order chi connectivity index (χ0) is 13.8. The zero-order valence-electron chi connectivity index (χ0n) is 11.8. The van der Waals surface area contributed by atoms with Gasteiger partial charge in [0.15, 0.2) is 5.82 Å². The summed E-state index contributed by atoms with van der Waals surface area (Å²) in [5.41, 5.74) is 0.651. The number of amides is 1. The van der Waals surface area contributed by atoms with Crippen molar-refractivity contribution in [3.8, 4) is 0 Å². The predicted octanol–water partition coefficient (Wildman–Crippen LogP) is 1.49. The highest BCUT2D eigenvalue weighted by Gasteiger charge is 2.16. The van der Waals surface area contributed by atoms with Crippen LogP contribution in [-0.4, -0.2) is 43.1 Å². The molecule has 0 spiro atoms. The molecule has 0 saturated carbocycles. The fourth-order valence-electron chi connectivity index (χ4n) is 2.23. The van der Waals surface area contributed by atoms with Crippen LogP contribution in [0.15, 0.2) is 6.20 Å². The molecule has 0 aromatic carbocycles. The molecule has 1 amide bonds. The van der Waals surface area contributed by atoms with Crippen molar-refractivity contribution in [3.05, 3.63) is 6.20 Å². The van der Waals surface area contributed by atoms with Gasteiger partial charge in [0.1, 0.15) is 5.69 Å². The number of piperidine rings is 1. The minimum absolute atomic E-state index is 0.113. The lowest BCUT2D eigenvalue weighted by Crippen LogP contribution is -2.31. The second-order valence-electron chi connectivity index (χ2n) is 5.03. The molecule has 1 fully saturated rings. The fourth-order valence-corrected chi connectivity index (χ4v) is 2.23. The molecule has 1 N–H and O–H groups in total. The highest BCUT2D eigenvalue weighted by atomic mass is 16.1. The SMILES string of the molecule is CC(=O)Nc1cnc(N2CCCCC2)nc1N(C)C. The molecule has 1 aromatic heterocycles. The molecule has 0 radical (unpaired) electrons. The van der Waals surface area contributed by atoms with E-state index in [1.54, 1.807) is 6.20 Å². The number of aromatic nitrogens is 2. The summed E-state index contributed by atoms with van der Waals surface area (Å²) in [5, 5.41) is 2.76. The van der Waals surface area contributed by atoms with Crippen molar-refractivity contribution >= 4 is 23.4 Å². The van der Waals surface area contributed by atoms with Gasteiger partial charge in [-0.15, -0.1) is 0 Å². The lowest BCUT2D eigenvalue weighted by Gasteiger charge is -2.27. The normalized spacial score (nSPS) is 15.2. The van der Waals surface area contributed by atoms with Gasteiger partial charge in [0, 0.05) is 34.1 Å². The summed E-state index contributed by atoms with van der Waals surface area (Å²) in [6.07, 6.45) is 5.34. The van der Waals surface area contributed by atoms with Crippen molar-refractivity contribution in [2.24, 2.45) is 0 Å². The Bertz CT molecular complexity index is 454. The van der Waals surface area contributed by atoms with Crippen LogP contribution in [0.2, 0.25) is 0 Å². The third-order valence-corrected chi connectivity index (χ3v) is 3.13. The predicted molar refractivity (Wildman–Crippen MR) is 76.7 cm³/mol. The van der Waals surface area contributed by atoms with Crippen molar-refractivity contribution in [1.29, 1.82) is 0 Å². The van der Waals surface area contributed by atoms with Gasteiger partial charge in [-0.25, -0.2) is 4.98 Å². The van der Waals surface area contributed by atoms with Crippen molar-refractivity contribution in [2.45, 2.75) is 26.2 Å². The molecule has 0 aliphatic carbocycles. The van der Waals surface area contributed by atoms with Crippen LogP contribution in [0.5, 0.6) is 0 Å². The number of anilines is 3. The Morgan fingerprint density at radius 3 is 2.58 bits per heavy atom. The lowest BCUT2D eigenvalue weighted by molar-refractivity contribution is -0.114. The molecule has 104 valence electrons. The van der Waals surface area contributed by atoms with Gasteiger partial charge in [0.25, 0.3) is 0 Å². The highest BCUT2D eigenvalue weighted by molar-refractivity contribution is 5.91. The van der Waals surface area contributed by atoms with Crippen LogP contribution in [0.25, 0.3) is 0 Å². The molecule has 6 nitrogen and oxygen atoms in total. The van der Waals surface area contributed by atoms with E-state index in [-0.39, 0.29) is 5.91 Å². The minimum Gasteiger partial charge on any atom is -0.361 e. The summed E-state index contributed by atoms with van der Waals surface area (Å²) in [5.74, 6) is 1.38. The number of nitrogens with one attached hydrogen (secondary N) is 1. The molecule has 0 atom stereocenters. The van der Waals surface area contributed by atoms with Crippen molar-refractivity contribution in [1.82, 2.24) is 9.97 Å². The van der Waals surface area contributed by atoms with Crippen LogP contribution < -0.4 is 15.1 Å². The Kier molecular flexibility index (Phi) is 4.19. The van der Waals surface area contributed by atoms with E-state index >= 15 is 0 Å². The van der Waals surface area contributed by atoms with E-state index in [9.17, 15) is 4.79 Å². The minimum atomic E-state index is -0.113. The van der Waals surface area contributed by atoms with Crippen LogP contribution in [-0.2, 0) is 4.79 Å². The quantitative estimate of drug-likeness (QED) is 0.895. The molecule has 1 aliphatic heterocycles. The summed E-state index contributed by atoms with van der Waals surface area (Å²) < 4.78 is 0. The molecule has 0 unspecified atom stereocenters. The summed E-state index contributed by atoms with van der Waals surface area (Å²) in [4.78, 5) is 24.2. The maximum atomic E-state index is 11.2. The van der Waals surface area contributed by atoms with E-state index in [4.69, 9.17) is 0 Å². The topological polar surface area (TPSA) is 61.4 Å². The number of carbonyl (C=O) groups is 1. The first-order chi connectivity index (χ1) is 9.08. The number of hydrogen-bond acceptors (Lipinski definition) is 5. The molecule has 2 heterocycles. The van der Waals surface area contributed by atoms with Crippen LogP contribution in [0.1, 0.15) is 26.2 Å². The van der Waals surface area contributed by atoms with Gasteiger partial charge in [-0.05, 0) is 19.3 Å². The molecule has 1 saturated heterocycles. The number of carbonyl (C=O) groups excluding carboxylic acids is 1. The smallest absolute Gasteiger partial charge is 0.227 e. The average molecular weight is 263 g/mol. The molecule has 0 bridgehead atoms. The summed E-state index contributed by atoms with van der Waals surface area (Å²) in [6, 6.07) is 0. The van der Waals surface area contributed by atoms with E-state index < -0.39 is 0 Å². The molecule has 1 aromatic rings. The van der Waals surface area contributed by atoms with E-state index in [1.807, 2.05) is 19.0 Å². The Morgan fingerprint density at radius 1 is 1.32 bits per heavy atom. The van der Waals surface area contributed by atoms with Crippen molar-refractivity contribution in [3.63, 3.8) is 0 Å². The van der Waals surface area contributed by atoms with Gasteiger partial charge in [0.05, 0.1) is 6.20 Å². The van der Waals surface area contributed by atoms with Gasteiger partial charge in [-0.1, -0.05) is 0 Å². The van der Waals surface area contributed by atoms with Crippen molar-refractivity contribution < 1.29 is 4.79 Å². The largest absolute Gasteiger partial charge is 0.361 e. The molecule has 19 heavy (non-hydrogen) atoms. The Labute approximate surface area is 113 Å². The third-order valence-electron chi connectivity index (χ3n) is 3.13. The van der Waals surface area contributed by atoms with Crippen LogP contribution in [0, 0.1) is 0 Å². The van der Waals surface area contributed by atoms with E-state index in [2.05, 4.69) is 20.2 Å². The van der Waals surface area contributed by atoms with Gasteiger partial charge < -0.3 is 15.1 Å². The molecule has 6 heteroatoms. The van der Waals surface area contributed by atoms with Crippen molar-refractivity contribution in [2.75, 3.05) is 42.3 Å². The van der Waals surface area contributed by atoms with Gasteiger partial charge >= 0.3 is 0 Å². The van der Waals surface area contributed by atoms with E-state index in [1.165, 1.54) is 26.2 Å². The maximum absolute atomic E-state index is 11.2. The molecule has 1 aliphatic rings. The van der Waals surface area contributed by atoms with Crippen LogP contribution >= 0.6 is 0 Å². The highest BCUT2D eigenvalue weighted by Crippen LogP contribution is 2.24. The number of rotatable bonds is 3. The number of hydrogen-bond donors (Lipinski definition) is 1.